The van der Waals surface area contributed by atoms with Gasteiger partial charge in [-0.1, -0.05) is 43.7 Å². The van der Waals surface area contributed by atoms with E-state index < -0.39 is 0 Å². The van der Waals surface area contributed by atoms with Crippen LogP contribution in [0.3, 0.4) is 0 Å². The van der Waals surface area contributed by atoms with Crippen molar-refractivity contribution in [3.8, 4) is 11.5 Å². The number of hydrogen-bond acceptors (Lipinski definition) is 5. The molecule has 8 heteroatoms. The van der Waals surface area contributed by atoms with E-state index in [0.29, 0.717) is 51.4 Å². The van der Waals surface area contributed by atoms with Crippen LogP contribution in [0, 0.1) is 0 Å². The molecule has 2 amide bonds. The van der Waals surface area contributed by atoms with Crippen molar-refractivity contribution in [2.45, 2.75) is 39.7 Å². The summed E-state index contributed by atoms with van der Waals surface area (Å²) in [6.45, 7) is 6.79. The van der Waals surface area contributed by atoms with Crippen LogP contribution >= 0.6 is 0 Å². The van der Waals surface area contributed by atoms with Crippen molar-refractivity contribution >= 4 is 22.7 Å². The first-order valence-electron chi connectivity index (χ1n) is 15.1. The van der Waals surface area contributed by atoms with Crippen molar-refractivity contribution < 1.29 is 23.8 Å². The smallest absolute Gasteiger partial charge is 0.254 e. The van der Waals surface area contributed by atoms with Gasteiger partial charge >= 0.3 is 0 Å². The second kappa shape index (κ2) is 16.4. The van der Waals surface area contributed by atoms with Gasteiger partial charge in [0.25, 0.3) is 5.91 Å². The van der Waals surface area contributed by atoms with Crippen LogP contribution in [0.1, 0.15) is 48.2 Å². The Hall–Kier alpha value is -4.30. The molecule has 0 unspecified atom stereocenters. The molecule has 1 N–H and O–H groups in total. The van der Waals surface area contributed by atoms with E-state index in [0.717, 1.165) is 46.4 Å². The van der Waals surface area contributed by atoms with Gasteiger partial charge in [0.1, 0.15) is 18.0 Å². The van der Waals surface area contributed by atoms with Crippen LogP contribution in [0.2, 0.25) is 0 Å². The summed E-state index contributed by atoms with van der Waals surface area (Å²) >= 11 is 0. The zero-order valence-corrected chi connectivity index (χ0v) is 25.5. The SMILES string of the molecule is CCCCOc1ccc(C(=O)N(CCOC)CC(=O)N(CCc2c[nH]c3ccccc23)Cc2ccc(OCC)cc2)cc1. The normalized spacial score (nSPS) is 11.0. The number of aromatic nitrogens is 1. The zero-order chi connectivity index (χ0) is 30.4. The minimum absolute atomic E-state index is 0.0537. The quantitative estimate of drug-likeness (QED) is 0.151. The Bertz CT molecular complexity index is 1430. The van der Waals surface area contributed by atoms with Gasteiger partial charge in [0, 0.05) is 49.4 Å². The third-order valence-electron chi connectivity index (χ3n) is 7.33. The van der Waals surface area contributed by atoms with Crippen LogP contribution < -0.4 is 9.47 Å². The summed E-state index contributed by atoms with van der Waals surface area (Å²) < 4.78 is 16.6. The predicted octanol–water partition coefficient (Wildman–Crippen LogP) is 6.11. The molecule has 0 aliphatic heterocycles. The van der Waals surface area contributed by atoms with Crippen molar-refractivity contribution in [3.05, 3.63) is 95.7 Å². The number of nitrogens with zero attached hydrogens (tertiary/aromatic N) is 2. The van der Waals surface area contributed by atoms with Gasteiger partial charge in [0.05, 0.1) is 19.8 Å². The van der Waals surface area contributed by atoms with E-state index in [1.54, 1.807) is 36.3 Å². The highest BCUT2D eigenvalue weighted by Gasteiger charge is 2.23. The highest BCUT2D eigenvalue weighted by Crippen LogP contribution is 2.20. The van der Waals surface area contributed by atoms with Crippen LogP contribution in [-0.2, 0) is 22.5 Å². The summed E-state index contributed by atoms with van der Waals surface area (Å²) in [6, 6.07) is 23.1. The molecular weight excluding hydrogens is 542 g/mol. The monoisotopic (exact) mass is 585 g/mol. The minimum Gasteiger partial charge on any atom is -0.494 e. The van der Waals surface area contributed by atoms with E-state index in [1.807, 2.05) is 60.5 Å². The summed E-state index contributed by atoms with van der Waals surface area (Å²) in [4.78, 5) is 34.2. The average Bonchev–Trinajstić information content (AvgIpc) is 3.45. The maximum atomic E-state index is 13.9. The summed E-state index contributed by atoms with van der Waals surface area (Å²) in [6.07, 6.45) is 4.71. The third-order valence-corrected chi connectivity index (χ3v) is 7.33. The Labute approximate surface area is 254 Å². The molecule has 0 atom stereocenters. The molecule has 0 aliphatic rings. The number of hydrogen-bond donors (Lipinski definition) is 1. The molecule has 0 bridgehead atoms. The highest BCUT2D eigenvalue weighted by molar-refractivity contribution is 5.96. The largest absolute Gasteiger partial charge is 0.494 e. The highest BCUT2D eigenvalue weighted by atomic mass is 16.5. The van der Waals surface area contributed by atoms with Crippen molar-refractivity contribution in [1.82, 2.24) is 14.8 Å². The standard InChI is InChI=1S/C35H43N3O5/c1-4-6-22-43-31-17-13-28(14-18-31)35(40)38(21-23-41-3)26-34(39)37(25-27-11-15-30(16-12-27)42-5-2)20-19-29-24-36-33-10-8-7-9-32(29)33/h7-18,24,36H,4-6,19-23,25-26H2,1-3H3. The first-order valence-corrected chi connectivity index (χ1v) is 15.1. The molecule has 0 radical (unpaired) electrons. The first kappa shape index (κ1) is 31.6. The maximum absolute atomic E-state index is 13.9. The van der Waals surface area contributed by atoms with Crippen molar-refractivity contribution in [1.29, 1.82) is 0 Å². The molecule has 8 nitrogen and oxygen atoms in total. The van der Waals surface area contributed by atoms with Gasteiger partial charge in [-0.05, 0) is 73.4 Å². The van der Waals surface area contributed by atoms with E-state index in [9.17, 15) is 9.59 Å². The zero-order valence-electron chi connectivity index (χ0n) is 25.5. The number of nitrogens with one attached hydrogen (secondary N) is 1. The Morgan fingerprint density at radius 2 is 1.53 bits per heavy atom. The van der Waals surface area contributed by atoms with Crippen LogP contribution in [0.4, 0.5) is 0 Å². The fourth-order valence-corrected chi connectivity index (χ4v) is 4.89. The number of carbonyl (C=O) groups is 2. The molecule has 0 aliphatic carbocycles. The summed E-state index contributed by atoms with van der Waals surface area (Å²) in [5, 5.41) is 1.15. The number of aromatic amines is 1. The second-order valence-electron chi connectivity index (χ2n) is 10.4. The molecule has 1 aromatic heterocycles. The minimum atomic E-state index is -0.219. The van der Waals surface area contributed by atoms with E-state index in [4.69, 9.17) is 14.2 Å². The van der Waals surface area contributed by atoms with Gasteiger partial charge in [-0.25, -0.2) is 0 Å². The van der Waals surface area contributed by atoms with Crippen LogP contribution in [-0.4, -0.2) is 73.2 Å². The molecule has 1 heterocycles. The number of amides is 2. The van der Waals surface area contributed by atoms with Gasteiger partial charge in [0.2, 0.25) is 5.91 Å². The van der Waals surface area contributed by atoms with Gasteiger partial charge in [-0.2, -0.15) is 0 Å². The molecule has 3 aromatic carbocycles. The number of H-pyrrole nitrogens is 1. The fourth-order valence-electron chi connectivity index (χ4n) is 4.89. The number of carbonyl (C=O) groups excluding carboxylic acids is 2. The third kappa shape index (κ3) is 9.09. The fraction of sp³-hybridized carbons (Fsp3) is 0.371. The maximum Gasteiger partial charge on any atom is 0.254 e. The average molecular weight is 586 g/mol. The van der Waals surface area contributed by atoms with Gasteiger partial charge < -0.3 is 29.0 Å². The molecule has 4 rings (SSSR count). The molecule has 0 saturated heterocycles. The number of benzene rings is 3. The van der Waals surface area contributed by atoms with E-state index in [1.165, 1.54) is 0 Å². The Kier molecular flexibility index (Phi) is 12.0. The topological polar surface area (TPSA) is 84.1 Å². The number of unbranched alkanes of at least 4 members (excludes halogenated alkanes) is 1. The Balaban J connectivity index is 1.50. The van der Waals surface area contributed by atoms with Gasteiger partial charge in [0.15, 0.2) is 0 Å². The van der Waals surface area contributed by atoms with Gasteiger partial charge in [-0.15, -0.1) is 0 Å². The number of rotatable bonds is 17. The molecule has 0 spiro atoms. The van der Waals surface area contributed by atoms with Crippen LogP contribution in [0.5, 0.6) is 11.5 Å². The molecule has 228 valence electrons. The van der Waals surface area contributed by atoms with Crippen molar-refractivity contribution in [2.75, 3.05) is 46.6 Å². The van der Waals surface area contributed by atoms with E-state index >= 15 is 0 Å². The lowest BCUT2D eigenvalue weighted by Crippen LogP contribution is -2.44. The molecule has 0 fully saturated rings. The predicted molar refractivity (Wildman–Crippen MR) is 170 cm³/mol. The van der Waals surface area contributed by atoms with E-state index in [2.05, 4.69) is 18.0 Å². The summed E-state index contributed by atoms with van der Waals surface area (Å²) in [5.41, 5.74) is 3.71. The van der Waals surface area contributed by atoms with Crippen LogP contribution in [0.15, 0.2) is 79.0 Å². The van der Waals surface area contributed by atoms with E-state index in [-0.39, 0.29) is 18.4 Å². The van der Waals surface area contributed by atoms with Crippen LogP contribution in [0.25, 0.3) is 10.9 Å². The Morgan fingerprint density at radius 1 is 0.814 bits per heavy atom. The number of para-hydroxylation sites is 1. The summed E-state index contributed by atoms with van der Waals surface area (Å²) in [7, 11) is 1.59. The first-order chi connectivity index (χ1) is 21.0. The Morgan fingerprint density at radius 3 is 2.26 bits per heavy atom. The van der Waals surface area contributed by atoms with Gasteiger partial charge in [-0.3, -0.25) is 9.59 Å². The number of methoxy groups -OCH3 is 1. The number of ether oxygens (including phenoxy) is 3. The second-order valence-corrected chi connectivity index (χ2v) is 10.4. The van der Waals surface area contributed by atoms with Crippen molar-refractivity contribution in [2.24, 2.45) is 0 Å². The summed E-state index contributed by atoms with van der Waals surface area (Å²) in [5.74, 6) is 1.17. The lowest BCUT2D eigenvalue weighted by molar-refractivity contribution is -0.132. The molecule has 0 saturated carbocycles. The van der Waals surface area contributed by atoms with Crippen molar-refractivity contribution in [3.63, 3.8) is 0 Å². The molecule has 43 heavy (non-hydrogen) atoms. The molecular formula is C35H43N3O5. The number of fused-ring (bicyclic) bond motifs is 1. The lowest BCUT2D eigenvalue weighted by Gasteiger charge is -2.28. The molecule has 4 aromatic rings. The lowest BCUT2D eigenvalue weighted by atomic mass is 10.1.